The average Bonchev–Trinajstić information content (AvgIpc) is 2.61. The van der Waals surface area contributed by atoms with Crippen LogP contribution >= 0.6 is 0 Å². The van der Waals surface area contributed by atoms with Gasteiger partial charge in [-0.25, -0.2) is 9.97 Å². The smallest absolute Gasteiger partial charge is 0.272 e. The molecule has 0 N–H and O–H groups in total. The standard InChI is InChI=1S/C17H25N5O2/c1-13-4-3-5-22(11-13)17(24)15-10-16(19-12-18-15)21-8-6-20(7-9-21)14(2)23/h10,12-13H,3-9,11H2,1-2H3. The van der Waals surface area contributed by atoms with Crippen LogP contribution in [0.5, 0.6) is 0 Å². The van der Waals surface area contributed by atoms with E-state index in [1.165, 1.54) is 12.7 Å². The SMILES string of the molecule is CC(=O)N1CCN(c2cc(C(=O)N3CCCC(C)C3)ncn2)CC1. The van der Waals surface area contributed by atoms with Gasteiger partial charge in [0.25, 0.3) is 5.91 Å². The van der Waals surface area contributed by atoms with Crippen molar-refractivity contribution in [2.75, 3.05) is 44.2 Å². The molecular formula is C17H25N5O2. The Hall–Kier alpha value is -2.18. The van der Waals surface area contributed by atoms with Gasteiger partial charge in [0.2, 0.25) is 5.91 Å². The van der Waals surface area contributed by atoms with Gasteiger partial charge < -0.3 is 14.7 Å². The average molecular weight is 331 g/mol. The topological polar surface area (TPSA) is 69.6 Å². The molecule has 3 rings (SSSR count). The predicted molar refractivity (Wildman–Crippen MR) is 90.8 cm³/mol. The summed E-state index contributed by atoms with van der Waals surface area (Å²) in [6.07, 6.45) is 3.70. The van der Waals surface area contributed by atoms with E-state index in [0.717, 1.165) is 38.4 Å². The van der Waals surface area contributed by atoms with Crippen molar-refractivity contribution in [1.29, 1.82) is 0 Å². The van der Waals surface area contributed by atoms with Crippen LogP contribution in [0.15, 0.2) is 12.4 Å². The third-order valence-electron chi connectivity index (χ3n) is 4.86. The highest BCUT2D eigenvalue weighted by Crippen LogP contribution is 2.19. The molecule has 0 aromatic carbocycles. The Morgan fingerprint density at radius 3 is 2.50 bits per heavy atom. The van der Waals surface area contributed by atoms with Crippen LogP contribution < -0.4 is 4.90 Å². The summed E-state index contributed by atoms with van der Waals surface area (Å²) in [6.45, 7) is 8.21. The summed E-state index contributed by atoms with van der Waals surface area (Å²) in [5.41, 5.74) is 0.461. The van der Waals surface area contributed by atoms with Crippen LogP contribution in [0.2, 0.25) is 0 Å². The first-order valence-electron chi connectivity index (χ1n) is 8.66. The zero-order valence-corrected chi connectivity index (χ0v) is 14.4. The number of piperidine rings is 1. The number of anilines is 1. The first-order chi connectivity index (χ1) is 11.5. The third-order valence-corrected chi connectivity index (χ3v) is 4.86. The number of hydrogen-bond donors (Lipinski definition) is 0. The number of amides is 2. The van der Waals surface area contributed by atoms with Gasteiger partial charge in [0.1, 0.15) is 17.8 Å². The molecule has 130 valence electrons. The molecule has 2 aliphatic heterocycles. The molecule has 7 nitrogen and oxygen atoms in total. The van der Waals surface area contributed by atoms with Crippen molar-refractivity contribution in [2.24, 2.45) is 5.92 Å². The van der Waals surface area contributed by atoms with E-state index in [1.54, 1.807) is 13.0 Å². The summed E-state index contributed by atoms with van der Waals surface area (Å²) in [4.78, 5) is 38.4. The lowest BCUT2D eigenvalue weighted by Crippen LogP contribution is -2.48. The lowest BCUT2D eigenvalue weighted by Gasteiger charge is -2.35. The number of carbonyl (C=O) groups is 2. The number of aromatic nitrogens is 2. The van der Waals surface area contributed by atoms with E-state index >= 15 is 0 Å². The minimum atomic E-state index is -0.00688. The van der Waals surface area contributed by atoms with Gasteiger partial charge in [0.15, 0.2) is 0 Å². The second-order valence-electron chi connectivity index (χ2n) is 6.75. The molecule has 3 heterocycles. The number of hydrogen-bond acceptors (Lipinski definition) is 5. The maximum absolute atomic E-state index is 12.7. The summed E-state index contributed by atoms with van der Waals surface area (Å²) in [6, 6.07) is 1.78. The highest BCUT2D eigenvalue weighted by molar-refractivity contribution is 5.93. The first-order valence-corrected chi connectivity index (χ1v) is 8.66. The lowest BCUT2D eigenvalue weighted by atomic mass is 10.00. The van der Waals surface area contributed by atoms with Crippen LogP contribution in [0.1, 0.15) is 37.2 Å². The zero-order chi connectivity index (χ0) is 17.1. The van der Waals surface area contributed by atoms with Gasteiger partial charge in [0, 0.05) is 52.3 Å². The number of carbonyl (C=O) groups excluding carboxylic acids is 2. The predicted octanol–water partition coefficient (Wildman–Crippen LogP) is 1.02. The number of piperazine rings is 1. The van der Waals surface area contributed by atoms with Crippen molar-refractivity contribution in [3.8, 4) is 0 Å². The van der Waals surface area contributed by atoms with Crippen molar-refractivity contribution in [2.45, 2.75) is 26.7 Å². The molecule has 2 saturated heterocycles. The van der Waals surface area contributed by atoms with Crippen LogP contribution in [0, 0.1) is 5.92 Å². The number of likely N-dealkylation sites (tertiary alicyclic amines) is 1. The quantitative estimate of drug-likeness (QED) is 0.809. The molecule has 0 saturated carbocycles. The molecule has 1 unspecified atom stereocenters. The minimum absolute atomic E-state index is 0.00688. The van der Waals surface area contributed by atoms with E-state index in [9.17, 15) is 9.59 Å². The molecular weight excluding hydrogens is 306 g/mol. The molecule has 0 radical (unpaired) electrons. The van der Waals surface area contributed by atoms with Crippen LogP contribution in [0.3, 0.4) is 0 Å². The fourth-order valence-corrected chi connectivity index (χ4v) is 3.42. The van der Waals surface area contributed by atoms with Gasteiger partial charge in [-0.15, -0.1) is 0 Å². The number of nitrogens with zero attached hydrogens (tertiary/aromatic N) is 5. The monoisotopic (exact) mass is 331 g/mol. The molecule has 1 aromatic rings. The van der Waals surface area contributed by atoms with Crippen LogP contribution in [-0.4, -0.2) is 70.9 Å². The Kier molecular flexibility index (Phi) is 4.97. The molecule has 24 heavy (non-hydrogen) atoms. The third kappa shape index (κ3) is 3.66. The summed E-state index contributed by atoms with van der Waals surface area (Å²) in [5.74, 6) is 1.41. The zero-order valence-electron chi connectivity index (χ0n) is 14.4. The summed E-state index contributed by atoms with van der Waals surface area (Å²) < 4.78 is 0. The maximum Gasteiger partial charge on any atom is 0.272 e. The Bertz CT molecular complexity index is 613. The number of rotatable bonds is 2. The molecule has 0 bridgehead atoms. The molecule has 0 spiro atoms. The van der Waals surface area contributed by atoms with Gasteiger partial charge in [-0.2, -0.15) is 0 Å². The van der Waals surface area contributed by atoms with E-state index < -0.39 is 0 Å². The Balaban J connectivity index is 1.68. The Labute approximate surface area is 142 Å². The van der Waals surface area contributed by atoms with Crippen molar-refractivity contribution >= 4 is 17.6 Å². The normalized spacial score (nSPS) is 21.8. The molecule has 2 fully saturated rings. The van der Waals surface area contributed by atoms with Crippen molar-refractivity contribution in [3.05, 3.63) is 18.1 Å². The van der Waals surface area contributed by atoms with E-state index in [1.807, 2.05) is 9.80 Å². The molecule has 7 heteroatoms. The molecule has 1 atom stereocenters. The molecule has 2 amide bonds. The first kappa shape index (κ1) is 16.7. The lowest BCUT2D eigenvalue weighted by molar-refractivity contribution is -0.129. The highest BCUT2D eigenvalue weighted by Gasteiger charge is 2.25. The minimum Gasteiger partial charge on any atom is -0.353 e. The van der Waals surface area contributed by atoms with Crippen LogP contribution in [0.25, 0.3) is 0 Å². The fourth-order valence-electron chi connectivity index (χ4n) is 3.42. The van der Waals surface area contributed by atoms with E-state index in [-0.39, 0.29) is 11.8 Å². The summed E-state index contributed by atoms with van der Waals surface area (Å²) in [5, 5.41) is 0. The van der Waals surface area contributed by atoms with E-state index in [0.29, 0.717) is 24.7 Å². The van der Waals surface area contributed by atoms with Crippen LogP contribution in [0.4, 0.5) is 5.82 Å². The van der Waals surface area contributed by atoms with Gasteiger partial charge in [0.05, 0.1) is 0 Å². The molecule has 1 aromatic heterocycles. The summed E-state index contributed by atoms with van der Waals surface area (Å²) in [7, 11) is 0. The Morgan fingerprint density at radius 2 is 1.83 bits per heavy atom. The van der Waals surface area contributed by atoms with Gasteiger partial charge >= 0.3 is 0 Å². The van der Waals surface area contributed by atoms with Gasteiger partial charge in [-0.05, 0) is 18.8 Å². The summed E-state index contributed by atoms with van der Waals surface area (Å²) >= 11 is 0. The van der Waals surface area contributed by atoms with E-state index in [4.69, 9.17) is 0 Å². The second kappa shape index (κ2) is 7.15. The largest absolute Gasteiger partial charge is 0.353 e. The van der Waals surface area contributed by atoms with Crippen molar-refractivity contribution in [1.82, 2.24) is 19.8 Å². The molecule has 0 aliphatic carbocycles. The highest BCUT2D eigenvalue weighted by atomic mass is 16.2. The maximum atomic E-state index is 12.7. The van der Waals surface area contributed by atoms with Crippen LogP contribution in [-0.2, 0) is 4.79 Å². The van der Waals surface area contributed by atoms with Crippen molar-refractivity contribution in [3.63, 3.8) is 0 Å². The van der Waals surface area contributed by atoms with Gasteiger partial charge in [-0.3, -0.25) is 9.59 Å². The fraction of sp³-hybridized carbons (Fsp3) is 0.647. The van der Waals surface area contributed by atoms with E-state index in [2.05, 4.69) is 21.8 Å². The Morgan fingerprint density at radius 1 is 1.08 bits per heavy atom. The van der Waals surface area contributed by atoms with Crippen molar-refractivity contribution < 1.29 is 9.59 Å². The molecule has 2 aliphatic rings. The second-order valence-corrected chi connectivity index (χ2v) is 6.75. The van der Waals surface area contributed by atoms with Gasteiger partial charge in [-0.1, -0.05) is 6.92 Å².